The fraction of sp³-hybridized carbons (Fsp3) is 0.167. The highest BCUT2D eigenvalue weighted by molar-refractivity contribution is 6.14. The Labute approximate surface area is 123 Å². The van der Waals surface area contributed by atoms with Crippen LogP contribution in [0.15, 0.2) is 54.7 Å². The topological polar surface area (TPSA) is 36.1 Å². The van der Waals surface area contributed by atoms with E-state index in [0.29, 0.717) is 0 Å². The fourth-order valence-electron chi connectivity index (χ4n) is 3.28. The lowest BCUT2D eigenvalue weighted by atomic mass is 10.1. The molecule has 3 nitrogen and oxygen atoms in total. The highest BCUT2D eigenvalue weighted by Gasteiger charge is 2.31. The highest BCUT2D eigenvalue weighted by Crippen LogP contribution is 2.34. The summed E-state index contributed by atoms with van der Waals surface area (Å²) in [5.41, 5.74) is 4.06. The van der Waals surface area contributed by atoms with E-state index in [4.69, 9.17) is 0 Å². The van der Waals surface area contributed by atoms with Crippen molar-refractivity contribution in [3.8, 4) is 0 Å². The Kier molecular flexibility index (Phi) is 2.61. The van der Waals surface area contributed by atoms with Gasteiger partial charge in [0.2, 0.25) is 0 Å². The van der Waals surface area contributed by atoms with Crippen molar-refractivity contribution in [1.29, 1.82) is 0 Å². The molecule has 1 unspecified atom stereocenters. The third-order valence-corrected chi connectivity index (χ3v) is 4.25. The zero-order valence-corrected chi connectivity index (χ0v) is 11.8. The van der Waals surface area contributed by atoms with E-state index in [9.17, 15) is 4.79 Å². The first-order chi connectivity index (χ1) is 10.3. The van der Waals surface area contributed by atoms with Gasteiger partial charge in [-0.2, -0.15) is 0 Å². The maximum atomic E-state index is 13.0. The number of carbonyl (C=O) groups is 1. The Balaban J connectivity index is 1.84. The highest BCUT2D eigenvalue weighted by atomic mass is 16.2. The lowest BCUT2D eigenvalue weighted by Gasteiger charge is -2.23. The molecule has 0 spiro atoms. The van der Waals surface area contributed by atoms with Crippen molar-refractivity contribution in [2.75, 3.05) is 4.90 Å². The number of carbonyl (C=O) groups excluding carboxylic acids is 1. The number of H-pyrrole nitrogens is 1. The minimum Gasteiger partial charge on any atom is -0.361 e. The maximum absolute atomic E-state index is 13.0. The van der Waals surface area contributed by atoms with Crippen LogP contribution in [0.2, 0.25) is 0 Å². The molecule has 1 aliphatic rings. The summed E-state index contributed by atoms with van der Waals surface area (Å²) >= 11 is 0. The number of anilines is 1. The molecule has 0 aliphatic carbocycles. The molecule has 1 N–H and O–H groups in total. The third-order valence-electron chi connectivity index (χ3n) is 4.25. The Morgan fingerprint density at radius 2 is 2.00 bits per heavy atom. The first-order valence-electron chi connectivity index (χ1n) is 7.23. The van der Waals surface area contributed by atoms with Gasteiger partial charge < -0.3 is 9.88 Å². The van der Waals surface area contributed by atoms with E-state index in [1.807, 2.05) is 53.6 Å². The molecule has 104 valence electrons. The molecule has 0 bridgehead atoms. The summed E-state index contributed by atoms with van der Waals surface area (Å²) in [7, 11) is 0. The van der Waals surface area contributed by atoms with Gasteiger partial charge in [-0.25, -0.2) is 0 Å². The molecule has 0 saturated heterocycles. The zero-order chi connectivity index (χ0) is 14.4. The summed E-state index contributed by atoms with van der Waals surface area (Å²) in [4.78, 5) is 18.1. The van der Waals surface area contributed by atoms with Gasteiger partial charge >= 0.3 is 0 Å². The summed E-state index contributed by atoms with van der Waals surface area (Å²) in [5.74, 6) is 0.0812. The van der Waals surface area contributed by atoms with Crippen LogP contribution >= 0.6 is 0 Å². The van der Waals surface area contributed by atoms with Crippen LogP contribution in [0, 0.1) is 0 Å². The van der Waals surface area contributed by atoms with E-state index >= 15 is 0 Å². The van der Waals surface area contributed by atoms with E-state index in [2.05, 4.69) is 18.0 Å². The van der Waals surface area contributed by atoms with Crippen LogP contribution in [0.5, 0.6) is 0 Å². The molecule has 0 radical (unpaired) electrons. The summed E-state index contributed by atoms with van der Waals surface area (Å²) in [6.45, 7) is 2.11. The van der Waals surface area contributed by atoms with E-state index in [-0.39, 0.29) is 11.9 Å². The second kappa shape index (κ2) is 4.48. The van der Waals surface area contributed by atoms with E-state index in [1.165, 1.54) is 5.56 Å². The van der Waals surface area contributed by atoms with Crippen molar-refractivity contribution < 1.29 is 4.79 Å². The summed E-state index contributed by atoms with van der Waals surface area (Å²) in [6.07, 6.45) is 2.80. The number of nitrogens with one attached hydrogen (secondary N) is 1. The molecule has 1 atom stereocenters. The molecule has 3 heteroatoms. The normalized spacial score (nSPS) is 17.2. The average Bonchev–Trinajstić information content (AvgIpc) is 3.09. The molecule has 0 fully saturated rings. The Hall–Kier alpha value is -2.55. The number of aromatic amines is 1. The molecular formula is C18H16N2O. The number of benzene rings is 2. The van der Waals surface area contributed by atoms with E-state index in [1.54, 1.807) is 0 Å². The summed E-state index contributed by atoms with van der Waals surface area (Å²) < 4.78 is 0. The number of fused-ring (bicyclic) bond motifs is 2. The van der Waals surface area contributed by atoms with Gasteiger partial charge in [0.1, 0.15) is 0 Å². The fourth-order valence-corrected chi connectivity index (χ4v) is 3.28. The molecule has 2 aromatic carbocycles. The monoisotopic (exact) mass is 276 g/mol. The van der Waals surface area contributed by atoms with Gasteiger partial charge in [-0.1, -0.05) is 24.3 Å². The Morgan fingerprint density at radius 3 is 2.90 bits per heavy atom. The summed E-state index contributed by atoms with van der Waals surface area (Å²) in [5, 5.41) is 0.985. The number of nitrogens with zero attached hydrogens (tertiary/aromatic N) is 1. The molecule has 21 heavy (non-hydrogen) atoms. The number of rotatable bonds is 1. The molecular weight excluding hydrogens is 260 g/mol. The molecule has 1 aliphatic heterocycles. The second-order valence-corrected chi connectivity index (χ2v) is 5.60. The average molecular weight is 276 g/mol. The summed E-state index contributed by atoms with van der Waals surface area (Å²) in [6, 6.07) is 16.2. The first kappa shape index (κ1) is 12.2. The van der Waals surface area contributed by atoms with Gasteiger partial charge in [0.15, 0.2) is 0 Å². The van der Waals surface area contributed by atoms with Gasteiger partial charge in [0.25, 0.3) is 5.91 Å². The smallest absolute Gasteiger partial charge is 0.259 e. The third kappa shape index (κ3) is 1.77. The van der Waals surface area contributed by atoms with Crippen molar-refractivity contribution in [2.24, 2.45) is 0 Å². The quantitative estimate of drug-likeness (QED) is 0.721. The van der Waals surface area contributed by atoms with Crippen molar-refractivity contribution >= 4 is 22.5 Å². The molecule has 4 rings (SSSR count). The lowest BCUT2D eigenvalue weighted by Crippen LogP contribution is -2.35. The van der Waals surface area contributed by atoms with Crippen LogP contribution in [0.25, 0.3) is 10.9 Å². The Morgan fingerprint density at radius 1 is 1.14 bits per heavy atom. The van der Waals surface area contributed by atoms with Gasteiger partial charge in [-0.15, -0.1) is 0 Å². The van der Waals surface area contributed by atoms with Crippen molar-refractivity contribution in [3.05, 3.63) is 65.9 Å². The zero-order valence-electron chi connectivity index (χ0n) is 11.8. The van der Waals surface area contributed by atoms with Crippen LogP contribution < -0.4 is 4.90 Å². The molecule has 1 aromatic heterocycles. The van der Waals surface area contributed by atoms with Crippen LogP contribution in [-0.2, 0) is 6.42 Å². The van der Waals surface area contributed by atoms with Crippen LogP contribution in [-0.4, -0.2) is 16.9 Å². The second-order valence-electron chi connectivity index (χ2n) is 5.60. The maximum Gasteiger partial charge on any atom is 0.259 e. The number of hydrogen-bond donors (Lipinski definition) is 1. The van der Waals surface area contributed by atoms with Gasteiger partial charge in [0.05, 0.1) is 0 Å². The van der Waals surface area contributed by atoms with E-state index in [0.717, 1.165) is 28.6 Å². The van der Waals surface area contributed by atoms with Crippen LogP contribution in [0.3, 0.4) is 0 Å². The number of aromatic nitrogens is 1. The number of hydrogen-bond acceptors (Lipinski definition) is 1. The van der Waals surface area contributed by atoms with Gasteiger partial charge in [-0.05, 0) is 43.2 Å². The standard InChI is InChI=1S/C18H16N2O/c1-12-11-13-5-2-3-8-17(13)20(12)18(21)15-6-4-7-16-14(15)9-10-19-16/h2-10,12,19H,11H2,1H3. The largest absolute Gasteiger partial charge is 0.361 e. The lowest BCUT2D eigenvalue weighted by molar-refractivity contribution is 0.0983. The predicted molar refractivity (Wildman–Crippen MR) is 84.7 cm³/mol. The van der Waals surface area contributed by atoms with Crippen molar-refractivity contribution in [3.63, 3.8) is 0 Å². The minimum atomic E-state index is 0.0812. The van der Waals surface area contributed by atoms with E-state index < -0.39 is 0 Å². The first-order valence-corrected chi connectivity index (χ1v) is 7.23. The van der Waals surface area contributed by atoms with Gasteiger partial charge in [-0.3, -0.25) is 4.79 Å². The van der Waals surface area contributed by atoms with Crippen LogP contribution in [0.4, 0.5) is 5.69 Å². The number of para-hydroxylation sites is 1. The van der Waals surface area contributed by atoms with Crippen molar-refractivity contribution in [2.45, 2.75) is 19.4 Å². The van der Waals surface area contributed by atoms with Crippen molar-refractivity contribution in [1.82, 2.24) is 4.98 Å². The molecule has 2 heterocycles. The van der Waals surface area contributed by atoms with Gasteiger partial charge in [0, 0.05) is 34.4 Å². The molecule has 3 aromatic rings. The predicted octanol–water partition coefficient (Wildman–Crippen LogP) is 3.76. The molecule has 0 saturated carbocycles. The Bertz CT molecular complexity index is 834. The number of amides is 1. The molecule has 1 amide bonds. The minimum absolute atomic E-state index is 0.0812. The van der Waals surface area contributed by atoms with Crippen LogP contribution in [0.1, 0.15) is 22.8 Å². The SMILES string of the molecule is CC1Cc2ccccc2N1C(=O)c1cccc2[nH]ccc12.